The first-order valence-corrected chi connectivity index (χ1v) is 12.4. The lowest BCUT2D eigenvalue weighted by Gasteiger charge is -2.33. The third-order valence-electron chi connectivity index (χ3n) is 7.10. The van der Waals surface area contributed by atoms with E-state index in [0.717, 1.165) is 77.0 Å². The molecule has 0 amide bonds. The number of nitrogens with zero attached hydrogens (tertiary/aromatic N) is 8. The molecule has 2 aliphatic rings. The van der Waals surface area contributed by atoms with E-state index in [4.69, 9.17) is 31.5 Å². The van der Waals surface area contributed by atoms with Crippen molar-refractivity contribution in [3.63, 3.8) is 0 Å². The normalized spacial score (nSPS) is 19.5. The van der Waals surface area contributed by atoms with Gasteiger partial charge in [-0.2, -0.15) is 15.3 Å². The predicted octanol–water partition coefficient (Wildman–Crippen LogP) is 4.00. The number of nitrogens with one attached hydrogen (secondary N) is 1. The zero-order valence-electron chi connectivity index (χ0n) is 19.9. The second kappa shape index (κ2) is 8.14. The first-order chi connectivity index (χ1) is 17.5. The van der Waals surface area contributed by atoms with Crippen LogP contribution in [0.4, 0.5) is 5.82 Å². The summed E-state index contributed by atoms with van der Waals surface area (Å²) in [5, 5.41) is 17.3. The molecular formula is C25H24ClN9O. The molecule has 0 radical (unpaired) electrons. The highest BCUT2D eigenvalue weighted by Crippen LogP contribution is 2.36. The molecule has 0 aliphatic carbocycles. The van der Waals surface area contributed by atoms with Crippen LogP contribution in [0.5, 0.6) is 0 Å². The quantitative estimate of drug-likeness (QED) is 0.397. The van der Waals surface area contributed by atoms with Gasteiger partial charge < -0.3 is 9.64 Å². The number of H-pyrrole nitrogens is 1. The molecule has 2 bridgehead atoms. The van der Waals surface area contributed by atoms with Crippen LogP contribution in [0, 0.1) is 13.8 Å². The van der Waals surface area contributed by atoms with Crippen LogP contribution in [0.15, 0.2) is 43.0 Å². The summed E-state index contributed by atoms with van der Waals surface area (Å²) in [5.74, 6) is 0.912. The Labute approximate surface area is 211 Å². The van der Waals surface area contributed by atoms with Crippen molar-refractivity contribution in [1.82, 2.24) is 39.6 Å². The average Bonchev–Trinajstić information content (AvgIpc) is 3.66. The summed E-state index contributed by atoms with van der Waals surface area (Å²) >= 11 is 6.23. The molecule has 0 aromatic carbocycles. The van der Waals surface area contributed by atoms with Crippen LogP contribution in [-0.4, -0.2) is 64.9 Å². The molecule has 182 valence electrons. The minimum Gasteiger partial charge on any atom is -0.371 e. The molecule has 36 heavy (non-hydrogen) atoms. The van der Waals surface area contributed by atoms with E-state index in [1.54, 1.807) is 18.6 Å². The van der Waals surface area contributed by atoms with E-state index in [1.165, 1.54) is 0 Å². The Bertz CT molecular complexity index is 1580. The van der Waals surface area contributed by atoms with Crippen molar-refractivity contribution in [1.29, 1.82) is 0 Å². The summed E-state index contributed by atoms with van der Waals surface area (Å²) < 4.78 is 9.86. The number of pyridine rings is 1. The van der Waals surface area contributed by atoms with Gasteiger partial charge in [-0.25, -0.2) is 14.2 Å². The molecule has 11 heteroatoms. The standard InChI is InChI=1S/C25H24ClN9O/c1-14-24(15(2)34(32-14)17-7-16(26)9-27-10-17)22-8-23(33-12-18-3-4-19(13-33)36-18)30-25-20(11-29-35(22)25)21-5-6-28-31-21/h5-11,18-19H,3-4,12-13H2,1-2H3,(H,28,31). The van der Waals surface area contributed by atoms with Crippen molar-refractivity contribution in [2.45, 2.75) is 38.9 Å². The molecule has 2 unspecified atom stereocenters. The van der Waals surface area contributed by atoms with Gasteiger partial charge in [0.1, 0.15) is 5.82 Å². The summed E-state index contributed by atoms with van der Waals surface area (Å²) in [6.45, 7) is 5.73. The fraction of sp³-hybridized carbons (Fsp3) is 0.320. The molecule has 5 aromatic heterocycles. The number of aryl methyl sites for hydroxylation is 1. The van der Waals surface area contributed by atoms with Gasteiger partial charge in [-0.3, -0.25) is 10.1 Å². The van der Waals surface area contributed by atoms with Gasteiger partial charge >= 0.3 is 0 Å². The van der Waals surface area contributed by atoms with Crippen LogP contribution in [0.1, 0.15) is 24.2 Å². The van der Waals surface area contributed by atoms with Crippen LogP contribution < -0.4 is 4.90 Å². The zero-order chi connectivity index (χ0) is 24.4. The topological polar surface area (TPSA) is 102 Å². The number of aromatic nitrogens is 8. The van der Waals surface area contributed by atoms with Gasteiger partial charge in [0.25, 0.3) is 0 Å². The van der Waals surface area contributed by atoms with Crippen molar-refractivity contribution in [2.75, 3.05) is 18.0 Å². The van der Waals surface area contributed by atoms with Gasteiger partial charge in [0.2, 0.25) is 0 Å². The van der Waals surface area contributed by atoms with E-state index in [1.807, 2.05) is 34.5 Å². The highest BCUT2D eigenvalue weighted by atomic mass is 35.5. The molecule has 2 saturated heterocycles. The molecule has 7 rings (SSSR count). The Hall–Kier alpha value is -3.76. The van der Waals surface area contributed by atoms with Gasteiger partial charge in [0, 0.05) is 37.1 Å². The smallest absolute Gasteiger partial charge is 0.167 e. The van der Waals surface area contributed by atoms with Crippen molar-refractivity contribution in [3.05, 3.63) is 59.4 Å². The second-order valence-corrected chi connectivity index (χ2v) is 9.88. The number of hydrogen-bond acceptors (Lipinski definition) is 7. The Kier molecular flexibility index (Phi) is 4.87. The largest absolute Gasteiger partial charge is 0.371 e. The predicted molar refractivity (Wildman–Crippen MR) is 136 cm³/mol. The first kappa shape index (κ1) is 21.5. The number of rotatable bonds is 4. The van der Waals surface area contributed by atoms with E-state index in [-0.39, 0.29) is 12.2 Å². The molecular weight excluding hydrogens is 478 g/mol. The number of hydrogen-bond donors (Lipinski definition) is 1. The zero-order valence-corrected chi connectivity index (χ0v) is 20.6. The van der Waals surface area contributed by atoms with E-state index in [2.05, 4.69) is 33.1 Å². The van der Waals surface area contributed by atoms with Crippen LogP contribution in [-0.2, 0) is 4.74 Å². The number of halogens is 1. The van der Waals surface area contributed by atoms with Crippen molar-refractivity contribution >= 4 is 23.1 Å². The molecule has 0 spiro atoms. The molecule has 2 atom stereocenters. The Morgan fingerprint density at radius 1 is 1.08 bits per heavy atom. The Morgan fingerprint density at radius 2 is 1.92 bits per heavy atom. The number of morpholine rings is 1. The average molecular weight is 502 g/mol. The summed E-state index contributed by atoms with van der Waals surface area (Å²) in [6.07, 6.45) is 9.65. The maximum atomic E-state index is 6.23. The summed E-state index contributed by atoms with van der Waals surface area (Å²) in [7, 11) is 0. The fourth-order valence-corrected chi connectivity index (χ4v) is 5.64. The number of fused-ring (bicyclic) bond motifs is 3. The molecule has 7 heterocycles. The Balaban J connectivity index is 1.44. The summed E-state index contributed by atoms with van der Waals surface area (Å²) in [4.78, 5) is 11.7. The van der Waals surface area contributed by atoms with E-state index < -0.39 is 0 Å². The van der Waals surface area contributed by atoms with E-state index in [0.29, 0.717) is 5.02 Å². The van der Waals surface area contributed by atoms with Crippen molar-refractivity contribution in [2.24, 2.45) is 0 Å². The monoisotopic (exact) mass is 501 g/mol. The third-order valence-corrected chi connectivity index (χ3v) is 7.31. The lowest BCUT2D eigenvalue weighted by molar-refractivity contribution is 0.0302. The lowest BCUT2D eigenvalue weighted by atomic mass is 10.1. The fourth-order valence-electron chi connectivity index (χ4n) is 5.47. The van der Waals surface area contributed by atoms with Crippen LogP contribution in [0.2, 0.25) is 5.02 Å². The van der Waals surface area contributed by atoms with Crippen molar-refractivity contribution < 1.29 is 4.74 Å². The molecule has 10 nitrogen and oxygen atoms in total. The minimum absolute atomic E-state index is 0.253. The number of anilines is 1. The van der Waals surface area contributed by atoms with Gasteiger partial charge in [-0.15, -0.1) is 0 Å². The van der Waals surface area contributed by atoms with Crippen LogP contribution in [0.25, 0.3) is 33.8 Å². The molecule has 2 aliphatic heterocycles. The van der Waals surface area contributed by atoms with Gasteiger partial charge in [-0.05, 0) is 38.8 Å². The third kappa shape index (κ3) is 3.40. The van der Waals surface area contributed by atoms with E-state index >= 15 is 0 Å². The lowest BCUT2D eigenvalue weighted by Crippen LogP contribution is -2.43. The summed E-state index contributed by atoms with van der Waals surface area (Å²) in [5.41, 5.74) is 7.12. The molecule has 0 saturated carbocycles. The van der Waals surface area contributed by atoms with Crippen molar-refractivity contribution in [3.8, 4) is 28.2 Å². The minimum atomic E-state index is 0.253. The van der Waals surface area contributed by atoms with Gasteiger partial charge in [0.05, 0.1) is 63.7 Å². The SMILES string of the molecule is Cc1nn(-c2cncc(Cl)c2)c(C)c1-c1cc(N2CC3CCC(C2)O3)nc2c(-c3ccn[nH]3)cnn12. The second-order valence-electron chi connectivity index (χ2n) is 9.44. The van der Waals surface area contributed by atoms with Gasteiger partial charge in [0.15, 0.2) is 5.65 Å². The molecule has 1 N–H and O–H groups in total. The molecule has 5 aromatic rings. The summed E-state index contributed by atoms with van der Waals surface area (Å²) in [6, 6.07) is 5.92. The van der Waals surface area contributed by atoms with E-state index in [9.17, 15) is 0 Å². The van der Waals surface area contributed by atoms with Crippen LogP contribution in [0.3, 0.4) is 0 Å². The van der Waals surface area contributed by atoms with Gasteiger partial charge in [-0.1, -0.05) is 11.6 Å². The maximum Gasteiger partial charge on any atom is 0.167 e. The number of ether oxygens (including phenoxy) is 1. The highest BCUT2D eigenvalue weighted by Gasteiger charge is 2.35. The highest BCUT2D eigenvalue weighted by molar-refractivity contribution is 6.30. The first-order valence-electron chi connectivity index (χ1n) is 12.0. The maximum absolute atomic E-state index is 6.23. The number of aromatic amines is 1. The Morgan fingerprint density at radius 3 is 2.67 bits per heavy atom. The van der Waals surface area contributed by atoms with Crippen LogP contribution >= 0.6 is 11.6 Å². The molecule has 2 fully saturated rings.